The predicted octanol–water partition coefficient (Wildman–Crippen LogP) is 4.26. The van der Waals surface area contributed by atoms with E-state index in [1.807, 2.05) is 0 Å². The normalized spacial score (nSPS) is 24.8. The standard InChI is InChI=1S/C21H38O4/c1-2-3-4-5-6-7-8-9-10-11-12-13-14-15-16-17-18-20(23)21(24,19-22)25-20/h22-24H,2-16,19H2,1H3. The summed E-state index contributed by atoms with van der Waals surface area (Å²) in [6.07, 6.45) is 19.2. The minimum Gasteiger partial charge on any atom is -0.390 e. The molecule has 0 aliphatic carbocycles. The number of unbranched alkanes of at least 4 members (excludes halogenated alkanes) is 14. The fourth-order valence-electron chi connectivity index (χ4n) is 3.07. The molecule has 1 fully saturated rings. The third-order valence-electron chi connectivity index (χ3n) is 4.93. The Morgan fingerprint density at radius 2 is 1.16 bits per heavy atom. The van der Waals surface area contributed by atoms with Crippen molar-refractivity contribution in [2.45, 2.75) is 115 Å². The lowest BCUT2D eigenvalue weighted by Crippen LogP contribution is -2.27. The summed E-state index contributed by atoms with van der Waals surface area (Å²) < 4.78 is 4.65. The third-order valence-corrected chi connectivity index (χ3v) is 4.93. The average Bonchev–Trinajstić information content (AvgIpc) is 3.16. The second-order valence-electron chi connectivity index (χ2n) is 7.34. The van der Waals surface area contributed by atoms with E-state index in [1.54, 1.807) is 0 Å². The highest BCUT2D eigenvalue weighted by Crippen LogP contribution is 2.42. The van der Waals surface area contributed by atoms with Gasteiger partial charge in [0.2, 0.25) is 0 Å². The molecule has 0 amide bonds. The summed E-state index contributed by atoms with van der Waals surface area (Å²) in [4.78, 5) is 0. The Bertz CT molecular complexity index is 400. The monoisotopic (exact) mass is 354 g/mol. The summed E-state index contributed by atoms with van der Waals surface area (Å²) in [6.45, 7) is 1.62. The second-order valence-corrected chi connectivity index (χ2v) is 7.34. The molecule has 0 aromatic rings. The third kappa shape index (κ3) is 9.06. The molecule has 1 aliphatic rings. The van der Waals surface area contributed by atoms with Gasteiger partial charge in [-0.05, 0) is 12.3 Å². The van der Waals surface area contributed by atoms with Crippen molar-refractivity contribution in [3.8, 4) is 11.8 Å². The molecule has 4 nitrogen and oxygen atoms in total. The van der Waals surface area contributed by atoms with Crippen LogP contribution >= 0.6 is 0 Å². The first-order valence-corrected chi connectivity index (χ1v) is 10.3. The summed E-state index contributed by atoms with van der Waals surface area (Å²) in [5.41, 5.74) is 0. The molecule has 25 heavy (non-hydrogen) atoms. The van der Waals surface area contributed by atoms with Gasteiger partial charge in [0.1, 0.15) is 6.61 Å². The van der Waals surface area contributed by atoms with E-state index in [0.717, 1.165) is 12.8 Å². The summed E-state index contributed by atoms with van der Waals surface area (Å²) in [5.74, 6) is 1.58. The van der Waals surface area contributed by atoms with E-state index in [0.29, 0.717) is 6.42 Å². The van der Waals surface area contributed by atoms with Crippen molar-refractivity contribution in [3.05, 3.63) is 0 Å². The molecule has 0 radical (unpaired) electrons. The van der Waals surface area contributed by atoms with Crippen LogP contribution in [0.15, 0.2) is 0 Å². The molecule has 1 rings (SSSR count). The number of ether oxygens (including phenoxy) is 1. The van der Waals surface area contributed by atoms with Crippen LogP contribution in [0.4, 0.5) is 0 Å². The minimum atomic E-state index is -1.88. The van der Waals surface area contributed by atoms with E-state index < -0.39 is 18.2 Å². The van der Waals surface area contributed by atoms with Gasteiger partial charge in [0.25, 0.3) is 11.6 Å². The van der Waals surface area contributed by atoms with E-state index >= 15 is 0 Å². The van der Waals surface area contributed by atoms with Crippen LogP contribution in [0.3, 0.4) is 0 Å². The summed E-state index contributed by atoms with van der Waals surface area (Å²) in [7, 11) is 0. The van der Waals surface area contributed by atoms with Crippen LogP contribution in [0.1, 0.15) is 103 Å². The first-order valence-electron chi connectivity index (χ1n) is 10.3. The molecule has 2 atom stereocenters. The SMILES string of the molecule is CCCCCCCCCCCCCCCCC#CC1(O)OC1(O)CO. The van der Waals surface area contributed by atoms with E-state index in [9.17, 15) is 10.2 Å². The largest absolute Gasteiger partial charge is 0.390 e. The molecule has 0 bridgehead atoms. The van der Waals surface area contributed by atoms with Crippen molar-refractivity contribution in [1.29, 1.82) is 0 Å². The van der Waals surface area contributed by atoms with Gasteiger partial charge in [-0.2, -0.15) is 0 Å². The number of hydrogen-bond acceptors (Lipinski definition) is 4. The van der Waals surface area contributed by atoms with Gasteiger partial charge in [0.05, 0.1) is 0 Å². The quantitative estimate of drug-likeness (QED) is 0.233. The molecule has 0 saturated carbocycles. The fourth-order valence-corrected chi connectivity index (χ4v) is 3.07. The fraction of sp³-hybridized carbons (Fsp3) is 0.905. The highest BCUT2D eigenvalue weighted by atomic mass is 16.8. The number of rotatable bonds is 15. The summed E-state index contributed by atoms with van der Waals surface area (Å²) in [5, 5.41) is 27.9. The Morgan fingerprint density at radius 3 is 1.56 bits per heavy atom. The minimum absolute atomic E-state index is 0.642. The van der Waals surface area contributed by atoms with Gasteiger partial charge in [-0.3, -0.25) is 4.74 Å². The van der Waals surface area contributed by atoms with Gasteiger partial charge in [0.15, 0.2) is 0 Å². The highest BCUT2D eigenvalue weighted by Gasteiger charge is 2.69. The molecule has 2 unspecified atom stereocenters. The molecular formula is C21H38O4. The Balaban J connectivity index is 1.80. The zero-order valence-electron chi connectivity index (χ0n) is 16.1. The molecule has 1 aliphatic heterocycles. The Hall–Kier alpha value is -0.600. The van der Waals surface area contributed by atoms with Crippen LogP contribution in [-0.2, 0) is 4.74 Å². The zero-order valence-corrected chi connectivity index (χ0v) is 16.1. The zero-order chi connectivity index (χ0) is 18.4. The molecule has 1 saturated heterocycles. The Kier molecular flexibility index (Phi) is 11.4. The first kappa shape index (κ1) is 22.4. The van der Waals surface area contributed by atoms with Crippen molar-refractivity contribution in [2.24, 2.45) is 0 Å². The lowest BCUT2D eigenvalue weighted by atomic mass is 10.0. The van der Waals surface area contributed by atoms with Crippen molar-refractivity contribution < 1.29 is 20.1 Å². The predicted molar refractivity (Wildman–Crippen MR) is 101 cm³/mol. The number of aliphatic hydroxyl groups excluding tert-OH is 1. The molecule has 0 spiro atoms. The summed E-state index contributed by atoms with van der Waals surface area (Å²) in [6, 6.07) is 0. The number of hydrogen-bond donors (Lipinski definition) is 3. The topological polar surface area (TPSA) is 73.2 Å². The van der Waals surface area contributed by atoms with E-state index in [-0.39, 0.29) is 0 Å². The summed E-state index contributed by atoms with van der Waals surface area (Å²) >= 11 is 0. The number of epoxide rings is 1. The van der Waals surface area contributed by atoms with Gasteiger partial charge in [-0.1, -0.05) is 96.3 Å². The molecular weight excluding hydrogens is 316 g/mol. The lowest BCUT2D eigenvalue weighted by Gasteiger charge is -2.02. The van der Waals surface area contributed by atoms with E-state index in [2.05, 4.69) is 23.5 Å². The van der Waals surface area contributed by atoms with Gasteiger partial charge >= 0.3 is 0 Å². The van der Waals surface area contributed by atoms with Crippen LogP contribution in [0.25, 0.3) is 0 Å². The molecule has 3 N–H and O–H groups in total. The maximum atomic E-state index is 9.66. The van der Waals surface area contributed by atoms with Crippen molar-refractivity contribution in [2.75, 3.05) is 6.61 Å². The Labute approximate surface area is 154 Å². The van der Waals surface area contributed by atoms with Gasteiger partial charge in [-0.15, -0.1) is 0 Å². The second kappa shape index (κ2) is 12.7. The van der Waals surface area contributed by atoms with Crippen LogP contribution in [0.5, 0.6) is 0 Å². The molecule has 0 aromatic heterocycles. The van der Waals surface area contributed by atoms with Crippen molar-refractivity contribution >= 4 is 0 Å². The van der Waals surface area contributed by atoms with Crippen LogP contribution in [0, 0.1) is 11.8 Å². The van der Waals surface area contributed by atoms with Gasteiger partial charge in [0, 0.05) is 6.42 Å². The smallest absolute Gasteiger partial charge is 0.292 e. The van der Waals surface area contributed by atoms with Crippen molar-refractivity contribution in [3.63, 3.8) is 0 Å². The molecule has 4 heteroatoms. The van der Waals surface area contributed by atoms with Crippen LogP contribution < -0.4 is 0 Å². The van der Waals surface area contributed by atoms with E-state index in [1.165, 1.54) is 77.0 Å². The van der Waals surface area contributed by atoms with Crippen LogP contribution in [0.2, 0.25) is 0 Å². The number of aliphatic hydroxyl groups is 3. The van der Waals surface area contributed by atoms with E-state index in [4.69, 9.17) is 5.11 Å². The van der Waals surface area contributed by atoms with Gasteiger partial charge < -0.3 is 15.3 Å². The van der Waals surface area contributed by atoms with Crippen molar-refractivity contribution in [1.82, 2.24) is 0 Å². The maximum absolute atomic E-state index is 9.66. The molecule has 146 valence electrons. The highest BCUT2D eigenvalue weighted by molar-refractivity contribution is 5.23. The average molecular weight is 355 g/mol. The first-order chi connectivity index (χ1) is 12.1. The molecule has 1 heterocycles. The molecule has 0 aromatic carbocycles. The maximum Gasteiger partial charge on any atom is 0.292 e. The lowest BCUT2D eigenvalue weighted by molar-refractivity contribution is -0.0172. The van der Waals surface area contributed by atoms with Crippen LogP contribution in [-0.4, -0.2) is 33.5 Å². The Morgan fingerprint density at radius 1 is 0.720 bits per heavy atom. The van der Waals surface area contributed by atoms with Gasteiger partial charge in [-0.25, -0.2) is 0 Å².